The number of carbonyl (C=O) groups excluding carboxylic acids is 1. The van der Waals surface area contributed by atoms with Gasteiger partial charge in [-0.25, -0.2) is 0 Å². The lowest BCUT2D eigenvalue weighted by atomic mass is 10.0. The highest BCUT2D eigenvalue weighted by molar-refractivity contribution is 5.86. The summed E-state index contributed by atoms with van der Waals surface area (Å²) in [6.07, 6.45) is 0.940. The van der Waals surface area contributed by atoms with Crippen molar-refractivity contribution in [1.29, 1.82) is 0 Å². The SMILES string of the molecule is Cc1cccc(N2C(C)CCNC(=O)C2CN)c1C. The highest BCUT2D eigenvalue weighted by Crippen LogP contribution is 2.28. The van der Waals surface area contributed by atoms with Crippen LogP contribution in [0.3, 0.4) is 0 Å². The fraction of sp³-hybridized carbons (Fsp3) is 0.533. The van der Waals surface area contributed by atoms with Crippen LogP contribution in [0.15, 0.2) is 18.2 Å². The lowest BCUT2D eigenvalue weighted by Gasteiger charge is -2.36. The van der Waals surface area contributed by atoms with Gasteiger partial charge in [0.1, 0.15) is 6.04 Å². The van der Waals surface area contributed by atoms with Gasteiger partial charge in [0.2, 0.25) is 5.91 Å². The molecule has 2 unspecified atom stereocenters. The first-order valence-corrected chi connectivity index (χ1v) is 6.88. The van der Waals surface area contributed by atoms with Gasteiger partial charge in [0, 0.05) is 24.8 Å². The van der Waals surface area contributed by atoms with Crippen molar-refractivity contribution in [3.63, 3.8) is 0 Å². The van der Waals surface area contributed by atoms with Crippen LogP contribution >= 0.6 is 0 Å². The van der Waals surface area contributed by atoms with Crippen LogP contribution in [-0.4, -0.2) is 31.1 Å². The van der Waals surface area contributed by atoms with Gasteiger partial charge in [-0.05, 0) is 44.4 Å². The first-order chi connectivity index (χ1) is 9.06. The van der Waals surface area contributed by atoms with Crippen LogP contribution in [0, 0.1) is 13.8 Å². The summed E-state index contributed by atoms with van der Waals surface area (Å²) < 4.78 is 0. The molecule has 1 saturated heterocycles. The second kappa shape index (κ2) is 5.61. The van der Waals surface area contributed by atoms with Gasteiger partial charge < -0.3 is 16.0 Å². The van der Waals surface area contributed by atoms with Crippen molar-refractivity contribution in [2.45, 2.75) is 39.3 Å². The van der Waals surface area contributed by atoms with Crippen molar-refractivity contribution >= 4 is 11.6 Å². The minimum absolute atomic E-state index is 0.0350. The monoisotopic (exact) mass is 261 g/mol. The van der Waals surface area contributed by atoms with E-state index < -0.39 is 0 Å². The third-order valence-corrected chi connectivity index (χ3v) is 4.05. The molecule has 104 valence electrons. The van der Waals surface area contributed by atoms with Gasteiger partial charge in [-0.2, -0.15) is 0 Å². The molecule has 2 rings (SSSR count). The maximum atomic E-state index is 12.1. The molecule has 3 N–H and O–H groups in total. The Kier molecular flexibility index (Phi) is 4.10. The van der Waals surface area contributed by atoms with E-state index >= 15 is 0 Å². The Morgan fingerprint density at radius 2 is 2.16 bits per heavy atom. The summed E-state index contributed by atoms with van der Waals surface area (Å²) in [5.41, 5.74) is 9.43. The fourth-order valence-corrected chi connectivity index (χ4v) is 2.74. The molecule has 1 aromatic rings. The zero-order valence-corrected chi connectivity index (χ0v) is 11.9. The highest BCUT2D eigenvalue weighted by Gasteiger charge is 2.32. The highest BCUT2D eigenvalue weighted by atomic mass is 16.2. The Morgan fingerprint density at radius 3 is 2.84 bits per heavy atom. The van der Waals surface area contributed by atoms with Crippen molar-refractivity contribution in [2.75, 3.05) is 18.0 Å². The molecule has 1 aromatic carbocycles. The second-order valence-corrected chi connectivity index (χ2v) is 5.31. The quantitative estimate of drug-likeness (QED) is 0.845. The Morgan fingerprint density at radius 1 is 1.42 bits per heavy atom. The molecule has 1 heterocycles. The number of rotatable bonds is 2. The number of hydrogen-bond acceptors (Lipinski definition) is 3. The van der Waals surface area contributed by atoms with Gasteiger partial charge in [-0.1, -0.05) is 12.1 Å². The van der Waals surface area contributed by atoms with E-state index in [4.69, 9.17) is 5.73 Å². The Labute approximate surface area is 115 Å². The average Bonchev–Trinajstić information content (AvgIpc) is 2.52. The molecule has 0 saturated carbocycles. The summed E-state index contributed by atoms with van der Waals surface area (Å²) in [5, 5.41) is 2.95. The molecular weight excluding hydrogens is 238 g/mol. The Balaban J connectivity index is 2.47. The molecule has 19 heavy (non-hydrogen) atoms. The summed E-state index contributed by atoms with van der Waals surface area (Å²) in [6.45, 7) is 7.42. The lowest BCUT2D eigenvalue weighted by molar-refractivity contribution is -0.121. The van der Waals surface area contributed by atoms with Crippen LogP contribution in [0.4, 0.5) is 5.69 Å². The third-order valence-electron chi connectivity index (χ3n) is 4.05. The van der Waals surface area contributed by atoms with Gasteiger partial charge in [0.25, 0.3) is 0 Å². The minimum Gasteiger partial charge on any atom is -0.355 e. The van der Waals surface area contributed by atoms with Crippen molar-refractivity contribution < 1.29 is 4.79 Å². The van der Waals surface area contributed by atoms with Crippen LogP contribution in [-0.2, 0) is 4.79 Å². The Bertz CT molecular complexity index is 472. The van der Waals surface area contributed by atoms with Crippen LogP contribution in [0.5, 0.6) is 0 Å². The van der Waals surface area contributed by atoms with Crippen LogP contribution in [0.2, 0.25) is 0 Å². The molecule has 0 spiro atoms. The van der Waals surface area contributed by atoms with Crippen molar-refractivity contribution in [3.8, 4) is 0 Å². The van der Waals surface area contributed by atoms with E-state index in [0.717, 1.165) is 18.7 Å². The number of nitrogens with zero attached hydrogens (tertiary/aromatic N) is 1. The summed E-state index contributed by atoms with van der Waals surface area (Å²) in [4.78, 5) is 14.3. The van der Waals surface area contributed by atoms with Gasteiger partial charge in [0.15, 0.2) is 0 Å². The minimum atomic E-state index is -0.280. The van der Waals surface area contributed by atoms with E-state index in [1.165, 1.54) is 11.1 Å². The normalized spacial score (nSPS) is 24.0. The predicted molar refractivity (Wildman–Crippen MR) is 78.3 cm³/mol. The third kappa shape index (κ3) is 2.59. The molecular formula is C15H23N3O. The molecule has 1 amide bonds. The van der Waals surface area contributed by atoms with Crippen LogP contribution in [0.1, 0.15) is 24.5 Å². The Hall–Kier alpha value is -1.55. The second-order valence-electron chi connectivity index (χ2n) is 5.31. The van der Waals surface area contributed by atoms with E-state index in [1.807, 2.05) is 6.07 Å². The standard InChI is InChI=1S/C15H23N3O/c1-10-5-4-6-13(12(10)3)18-11(2)7-8-17-15(19)14(18)9-16/h4-6,11,14H,7-9,16H2,1-3H3,(H,17,19). The molecule has 1 aliphatic rings. The average molecular weight is 261 g/mol. The smallest absolute Gasteiger partial charge is 0.244 e. The maximum absolute atomic E-state index is 12.1. The summed E-state index contributed by atoms with van der Waals surface area (Å²) in [5.74, 6) is 0.0350. The van der Waals surface area contributed by atoms with Gasteiger partial charge in [-0.3, -0.25) is 4.79 Å². The lowest BCUT2D eigenvalue weighted by Crippen LogP contribution is -2.51. The summed E-state index contributed by atoms with van der Waals surface area (Å²) >= 11 is 0. The molecule has 4 heteroatoms. The number of nitrogens with one attached hydrogen (secondary N) is 1. The number of anilines is 1. The first kappa shape index (κ1) is 13.9. The van der Waals surface area contributed by atoms with E-state index in [0.29, 0.717) is 12.6 Å². The van der Waals surface area contributed by atoms with Gasteiger partial charge >= 0.3 is 0 Å². The number of benzene rings is 1. The zero-order chi connectivity index (χ0) is 14.0. The largest absolute Gasteiger partial charge is 0.355 e. The molecule has 0 aromatic heterocycles. The van der Waals surface area contributed by atoms with E-state index in [-0.39, 0.29) is 11.9 Å². The maximum Gasteiger partial charge on any atom is 0.244 e. The fourth-order valence-electron chi connectivity index (χ4n) is 2.74. The van der Waals surface area contributed by atoms with Gasteiger partial charge in [0.05, 0.1) is 0 Å². The molecule has 4 nitrogen and oxygen atoms in total. The molecule has 1 fully saturated rings. The van der Waals surface area contributed by atoms with Crippen molar-refractivity contribution in [3.05, 3.63) is 29.3 Å². The molecule has 0 aliphatic carbocycles. The topological polar surface area (TPSA) is 58.4 Å². The predicted octanol–water partition coefficient (Wildman–Crippen LogP) is 1.35. The van der Waals surface area contributed by atoms with E-state index in [9.17, 15) is 4.79 Å². The number of carbonyl (C=O) groups is 1. The van der Waals surface area contributed by atoms with E-state index in [2.05, 4.69) is 43.1 Å². The zero-order valence-electron chi connectivity index (χ0n) is 11.9. The summed E-state index contributed by atoms with van der Waals surface area (Å²) in [7, 11) is 0. The molecule has 0 radical (unpaired) electrons. The van der Waals surface area contributed by atoms with Crippen molar-refractivity contribution in [1.82, 2.24) is 5.32 Å². The summed E-state index contributed by atoms with van der Waals surface area (Å²) in [6, 6.07) is 6.24. The van der Waals surface area contributed by atoms with E-state index in [1.54, 1.807) is 0 Å². The number of nitrogens with two attached hydrogens (primary N) is 1. The van der Waals surface area contributed by atoms with Gasteiger partial charge in [-0.15, -0.1) is 0 Å². The molecule has 1 aliphatic heterocycles. The van der Waals surface area contributed by atoms with Crippen LogP contribution < -0.4 is 16.0 Å². The molecule has 2 atom stereocenters. The number of amides is 1. The van der Waals surface area contributed by atoms with Crippen molar-refractivity contribution in [2.24, 2.45) is 5.73 Å². The molecule has 0 bridgehead atoms. The first-order valence-electron chi connectivity index (χ1n) is 6.88. The van der Waals surface area contributed by atoms with Crippen LogP contribution in [0.25, 0.3) is 0 Å². The number of aryl methyl sites for hydroxylation is 1. The number of hydrogen-bond donors (Lipinski definition) is 2.